The molecule has 70 valence electrons. The molecule has 0 radical (unpaired) electrons. The maximum Gasteiger partial charge on any atom is 0.142 e. The smallest absolute Gasteiger partial charge is 0.142 e. The summed E-state index contributed by atoms with van der Waals surface area (Å²) in [5.41, 5.74) is 7.78. The summed E-state index contributed by atoms with van der Waals surface area (Å²) in [4.78, 5) is 0. The Morgan fingerprint density at radius 1 is 1.46 bits per heavy atom. The van der Waals surface area contributed by atoms with Crippen LogP contribution >= 0.6 is 11.6 Å². The number of benzene rings is 1. The fourth-order valence-electron chi connectivity index (χ4n) is 1.88. The number of fused-ring (bicyclic) bond motifs is 1. The molecule has 1 nitrogen and oxygen atoms in total. The van der Waals surface area contributed by atoms with Crippen molar-refractivity contribution in [3.63, 3.8) is 0 Å². The van der Waals surface area contributed by atoms with Crippen LogP contribution in [0, 0.1) is 5.82 Å². The van der Waals surface area contributed by atoms with Crippen molar-refractivity contribution in [3.8, 4) is 0 Å². The number of hydrogen-bond donors (Lipinski definition) is 1. The molecular formula is C10H11ClFN. The lowest BCUT2D eigenvalue weighted by atomic mass is 9.88. The van der Waals surface area contributed by atoms with E-state index in [1.807, 2.05) is 0 Å². The second-order valence-electron chi connectivity index (χ2n) is 3.43. The molecule has 0 bridgehead atoms. The molecule has 0 saturated heterocycles. The van der Waals surface area contributed by atoms with E-state index in [2.05, 4.69) is 0 Å². The first-order chi connectivity index (χ1) is 6.20. The molecule has 1 atom stereocenters. The SMILES string of the molecule is N[C@@H]1CCCc2ccc(F)c(Cl)c21. The third-order valence-corrected chi connectivity index (χ3v) is 2.94. The van der Waals surface area contributed by atoms with E-state index in [-0.39, 0.29) is 16.9 Å². The minimum absolute atomic E-state index is 0.0908. The third kappa shape index (κ3) is 1.45. The lowest BCUT2D eigenvalue weighted by Crippen LogP contribution is -2.18. The summed E-state index contributed by atoms with van der Waals surface area (Å²) in [7, 11) is 0. The summed E-state index contributed by atoms with van der Waals surface area (Å²) in [6.07, 6.45) is 2.93. The number of rotatable bonds is 0. The largest absolute Gasteiger partial charge is 0.324 e. The van der Waals surface area contributed by atoms with Gasteiger partial charge in [0.05, 0.1) is 5.02 Å². The molecular weight excluding hydrogens is 189 g/mol. The van der Waals surface area contributed by atoms with Gasteiger partial charge in [0, 0.05) is 6.04 Å². The monoisotopic (exact) mass is 199 g/mol. The summed E-state index contributed by atoms with van der Waals surface area (Å²) in [5, 5.41) is 0.213. The van der Waals surface area contributed by atoms with Crippen molar-refractivity contribution < 1.29 is 4.39 Å². The van der Waals surface area contributed by atoms with Gasteiger partial charge in [0.15, 0.2) is 0 Å². The second-order valence-corrected chi connectivity index (χ2v) is 3.81. The molecule has 1 aromatic carbocycles. The van der Waals surface area contributed by atoms with Crippen molar-refractivity contribution in [3.05, 3.63) is 34.1 Å². The van der Waals surface area contributed by atoms with Gasteiger partial charge in [0.25, 0.3) is 0 Å². The van der Waals surface area contributed by atoms with Gasteiger partial charge in [-0.3, -0.25) is 0 Å². The Labute approximate surface area is 81.7 Å². The molecule has 1 aliphatic rings. The van der Waals surface area contributed by atoms with Crippen molar-refractivity contribution in [1.29, 1.82) is 0 Å². The van der Waals surface area contributed by atoms with Gasteiger partial charge in [-0.25, -0.2) is 4.39 Å². The van der Waals surface area contributed by atoms with Crippen molar-refractivity contribution >= 4 is 11.6 Å². The van der Waals surface area contributed by atoms with Gasteiger partial charge in [-0.15, -0.1) is 0 Å². The first-order valence-electron chi connectivity index (χ1n) is 4.42. The topological polar surface area (TPSA) is 26.0 Å². The highest BCUT2D eigenvalue weighted by molar-refractivity contribution is 6.31. The Kier molecular flexibility index (Phi) is 2.26. The Morgan fingerprint density at radius 3 is 3.00 bits per heavy atom. The van der Waals surface area contributed by atoms with Gasteiger partial charge in [-0.1, -0.05) is 17.7 Å². The van der Waals surface area contributed by atoms with Gasteiger partial charge in [0.1, 0.15) is 5.82 Å². The van der Waals surface area contributed by atoms with Crippen LogP contribution in [0.25, 0.3) is 0 Å². The number of hydrogen-bond acceptors (Lipinski definition) is 1. The summed E-state index contributed by atoms with van der Waals surface area (Å²) < 4.78 is 13.1. The predicted octanol–water partition coefficient (Wildman–Crippen LogP) is 2.82. The lowest BCUT2D eigenvalue weighted by Gasteiger charge is -2.23. The van der Waals surface area contributed by atoms with Crippen LogP contribution in [0.1, 0.15) is 30.0 Å². The summed E-state index contributed by atoms with van der Waals surface area (Å²) in [6, 6.07) is 3.11. The van der Waals surface area contributed by atoms with Crippen molar-refractivity contribution in [1.82, 2.24) is 0 Å². The highest BCUT2D eigenvalue weighted by Crippen LogP contribution is 2.34. The predicted molar refractivity (Wildman–Crippen MR) is 51.3 cm³/mol. The average molecular weight is 200 g/mol. The van der Waals surface area contributed by atoms with Gasteiger partial charge in [0.2, 0.25) is 0 Å². The number of aryl methyl sites for hydroxylation is 1. The van der Waals surface area contributed by atoms with Crippen LogP contribution in [0.2, 0.25) is 5.02 Å². The maximum atomic E-state index is 13.1. The van der Waals surface area contributed by atoms with Gasteiger partial charge in [-0.05, 0) is 36.5 Å². The van der Waals surface area contributed by atoms with Crippen LogP contribution in [-0.4, -0.2) is 0 Å². The highest BCUT2D eigenvalue weighted by Gasteiger charge is 2.21. The van der Waals surface area contributed by atoms with Crippen LogP contribution in [0.3, 0.4) is 0 Å². The summed E-state index contributed by atoms with van der Waals surface area (Å²) in [6.45, 7) is 0. The van der Waals surface area contributed by atoms with E-state index in [0.29, 0.717) is 0 Å². The van der Waals surface area contributed by atoms with E-state index in [9.17, 15) is 4.39 Å². The van der Waals surface area contributed by atoms with Crippen LogP contribution in [-0.2, 0) is 6.42 Å². The second kappa shape index (κ2) is 3.28. The van der Waals surface area contributed by atoms with Crippen LogP contribution in [0.15, 0.2) is 12.1 Å². The van der Waals surface area contributed by atoms with E-state index < -0.39 is 0 Å². The van der Waals surface area contributed by atoms with Crippen molar-refractivity contribution in [2.24, 2.45) is 5.73 Å². The normalized spacial score (nSPS) is 21.3. The van der Waals surface area contributed by atoms with E-state index >= 15 is 0 Å². The van der Waals surface area contributed by atoms with Crippen molar-refractivity contribution in [2.75, 3.05) is 0 Å². The van der Waals surface area contributed by atoms with Gasteiger partial charge in [-0.2, -0.15) is 0 Å². The molecule has 1 aromatic rings. The zero-order valence-electron chi connectivity index (χ0n) is 7.19. The molecule has 1 aliphatic carbocycles. The molecule has 0 aromatic heterocycles. The Balaban J connectivity index is 2.58. The zero-order valence-corrected chi connectivity index (χ0v) is 7.94. The van der Waals surface area contributed by atoms with Crippen molar-refractivity contribution in [2.45, 2.75) is 25.3 Å². The van der Waals surface area contributed by atoms with Crippen LogP contribution in [0.5, 0.6) is 0 Å². The minimum atomic E-state index is -0.363. The molecule has 13 heavy (non-hydrogen) atoms. The summed E-state index contributed by atoms with van der Waals surface area (Å²) in [5.74, 6) is -0.363. The molecule has 2 N–H and O–H groups in total. The standard InChI is InChI=1S/C10H11ClFN/c11-10-7(12)5-4-6-2-1-3-8(13)9(6)10/h4-5,8H,1-3,13H2/t8-/m1/s1. The van der Waals surface area contributed by atoms with E-state index in [1.165, 1.54) is 6.07 Å². The van der Waals surface area contributed by atoms with E-state index in [4.69, 9.17) is 17.3 Å². The minimum Gasteiger partial charge on any atom is -0.324 e. The molecule has 0 unspecified atom stereocenters. The molecule has 0 saturated carbocycles. The first-order valence-corrected chi connectivity index (χ1v) is 4.80. The molecule has 0 heterocycles. The Bertz CT molecular complexity index is 338. The van der Waals surface area contributed by atoms with Gasteiger partial charge < -0.3 is 5.73 Å². The first kappa shape index (κ1) is 8.97. The highest BCUT2D eigenvalue weighted by atomic mass is 35.5. The van der Waals surface area contributed by atoms with E-state index in [1.54, 1.807) is 6.07 Å². The van der Waals surface area contributed by atoms with Crippen LogP contribution in [0.4, 0.5) is 4.39 Å². The fraction of sp³-hybridized carbons (Fsp3) is 0.400. The van der Waals surface area contributed by atoms with Crippen LogP contribution < -0.4 is 5.73 Å². The average Bonchev–Trinajstić information content (AvgIpc) is 2.12. The molecule has 2 rings (SSSR count). The van der Waals surface area contributed by atoms with Gasteiger partial charge >= 0.3 is 0 Å². The number of halogens is 2. The summed E-state index contributed by atoms with van der Waals surface area (Å²) >= 11 is 5.85. The molecule has 0 aliphatic heterocycles. The molecule has 3 heteroatoms. The Morgan fingerprint density at radius 2 is 2.23 bits per heavy atom. The fourth-order valence-corrected chi connectivity index (χ4v) is 2.21. The number of nitrogens with two attached hydrogens (primary N) is 1. The quantitative estimate of drug-likeness (QED) is 0.683. The lowest BCUT2D eigenvalue weighted by molar-refractivity contribution is 0.557. The zero-order chi connectivity index (χ0) is 9.42. The maximum absolute atomic E-state index is 13.1. The molecule has 0 spiro atoms. The third-order valence-electron chi connectivity index (χ3n) is 2.55. The Hall–Kier alpha value is -0.600. The van der Waals surface area contributed by atoms with E-state index in [0.717, 1.165) is 30.4 Å². The molecule has 0 fully saturated rings. The molecule has 0 amide bonds.